The van der Waals surface area contributed by atoms with Crippen molar-refractivity contribution in [3.8, 4) is 0 Å². The van der Waals surface area contributed by atoms with E-state index in [9.17, 15) is 4.79 Å². The van der Waals surface area contributed by atoms with Crippen molar-refractivity contribution >= 4 is 11.6 Å². The molecule has 1 atom stereocenters. The van der Waals surface area contributed by atoms with Crippen LogP contribution in [0.3, 0.4) is 0 Å². The standard InChI is InChI=1S/C15H17N5O2/c21-15(19-7-12-2-1-3-16-6-12)14-10-20(4-5-22-14)13-8-17-11-18-9-13/h1-3,6,8-9,11,14H,4-5,7,10H2,(H,19,21)/t14-/m1/s1. The highest BCUT2D eigenvalue weighted by Crippen LogP contribution is 2.15. The zero-order chi connectivity index (χ0) is 15.2. The molecule has 0 aliphatic carbocycles. The van der Waals surface area contributed by atoms with Crippen LogP contribution in [0.25, 0.3) is 0 Å². The number of amides is 1. The zero-order valence-electron chi connectivity index (χ0n) is 12.1. The lowest BCUT2D eigenvalue weighted by molar-refractivity contribution is -0.133. The van der Waals surface area contributed by atoms with E-state index < -0.39 is 6.10 Å². The number of carbonyl (C=O) groups is 1. The van der Waals surface area contributed by atoms with Gasteiger partial charge in [0.15, 0.2) is 6.10 Å². The monoisotopic (exact) mass is 299 g/mol. The molecule has 7 heteroatoms. The normalized spacial score (nSPS) is 18.0. The maximum atomic E-state index is 12.2. The number of aromatic nitrogens is 3. The number of anilines is 1. The summed E-state index contributed by atoms with van der Waals surface area (Å²) >= 11 is 0. The summed E-state index contributed by atoms with van der Waals surface area (Å²) in [5.74, 6) is -0.120. The number of nitrogens with one attached hydrogen (secondary N) is 1. The van der Waals surface area contributed by atoms with E-state index in [2.05, 4.69) is 25.2 Å². The van der Waals surface area contributed by atoms with Crippen molar-refractivity contribution in [1.29, 1.82) is 0 Å². The molecule has 2 aromatic heterocycles. The molecule has 0 radical (unpaired) electrons. The third-order valence-electron chi connectivity index (χ3n) is 3.46. The van der Waals surface area contributed by atoms with Gasteiger partial charge in [0.05, 0.1) is 31.2 Å². The summed E-state index contributed by atoms with van der Waals surface area (Å²) in [6.45, 7) is 2.16. The van der Waals surface area contributed by atoms with Gasteiger partial charge in [-0.05, 0) is 11.6 Å². The van der Waals surface area contributed by atoms with E-state index in [-0.39, 0.29) is 5.91 Å². The van der Waals surface area contributed by atoms with E-state index in [0.717, 1.165) is 17.8 Å². The Kier molecular flexibility index (Phi) is 4.55. The van der Waals surface area contributed by atoms with Crippen LogP contribution in [-0.2, 0) is 16.1 Å². The van der Waals surface area contributed by atoms with Crippen LogP contribution in [0.2, 0.25) is 0 Å². The van der Waals surface area contributed by atoms with Gasteiger partial charge in [0.25, 0.3) is 5.91 Å². The van der Waals surface area contributed by atoms with Gasteiger partial charge in [0, 0.05) is 25.5 Å². The van der Waals surface area contributed by atoms with Crippen LogP contribution >= 0.6 is 0 Å². The van der Waals surface area contributed by atoms with Crippen LogP contribution in [0.1, 0.15) is 5.56 Å². The largest absolute Gasteiger partial charge is 0.365 e. The van der Waals surface area contributed by atoms with Gasteiger partial charge in [-0.15, -0.1) is 0 Å². The minimum Gasteiger partial charge on any atom is -0.365 e. The predicted molar refractivity (Wildman–Crippen MR) is 80.1 cm³/mol. The summed E-state index contributed by atoms with van der Waals surface area (Å²) in [6, 6.07) is 3.76. The van der Waals surface area contributed by atoms with Crippen LogP contribution in [0, 0.1) is 0 Å². The first-order valence-corrected chi connectivity index (χ1v) is 7.11. The summed E-state index contributed by atoms with van der Waals surface area (Å²) in [5.41, 5.74) is 1.86. The number of nitrogens with zero attached hydrogens (tertiary/aromatic N) is 4. The maximum absolute atomic E-state index is 12.2. The Morgan fingerprint density at radius 2 is 2.18 bits per heavy atom. The first-order valence-electron chi connectivity index (χ1n) is 7.11. The lowest BCUT2D eigenvalue weighted by Gasteiger charge is -2.33. The fourth-order valence-corrected chi connectivity index (χ4v) is 2.30. The van der Waals surface area contributed by atoms with Crippen molar-refractivity contribution in [2.24, 2.45) is 0 Å². The quantitative estimate of drug-likeness (QED) is 0.880. The first-order chi connectivity index (χ1) is 10.8. The molecule has 1 amide bonds. The highest BCUT2D eigenvalue weighted by atomic mass is 16.5. The molecule has 2 aromatic rings. The number of morpholine rings is 1. The van der Waals surface area contributed by atoms with E-state index >= 15 is 0 Å². The summed E-state index contributed by atoms with van der Waals surface area (Å²) in [6.07, 6.45) is 7.91. The van der Waals surface area contributed by atoms with Crippen LogP contribution < -0.4 is 10.2 Å². The maximum Gasteiger partial charge on any atom is 0.251 e. The minimum absolute atomic E-state index is 0.120. The first kappa shape index (κ1) is 14.4. The van der Waals surface area contributed by atoms with Gasteiger partial charge in [-0.1, -0.05) is 6.07 Å². The summed E-state index contributed by atoms with van der Waals surface area (Å²) in [7, 11) is 0. The second-order valence-corrected chi connectivity index (χ2v) is 4.98. The van der Waals surface area contributed by atoms with Crippen molar-refractivity contribution in [3.63, 3.8) is 0 Å². The van der Waals surface area contributed by atoms with Gasteiger partial charge in [0.1, 0.15) is 6.33 Å². The van der Waals surface area contributed by atoms with Crippen LogP contribution in [-0.4, -0.2) is 46.7 Å². The number of hydrogen-bond acceptors (Lipinski definition) is 6. The minimum atomic E-state index is -0.495. The molecule has 114 valence electrons. The number of rotatable bonds is 4. The molecule has 0 bridgehead atoms. The van der Waals surface area contributed by atoms with Crippen molar-refractivity contribution in [3.05, 3.63) is 48.8 Å². The van der Waals surface area contributed by atoms with Crippen molar-refractivity contribution < 1.29 is 9.53 Å². The van der Waals surface area contributed by atoms with Crippen molar-refractivity contribution in [1.82, 2.24) is 20.3 Å². The smallest absolute Gasteiger partial charge is 0.251 e. The molecule has 1 saturated heterocycles. The van der Waals surface area contributed by atoms with Crippen LogP contribution in [0.4, 0.5) is 5.69 Å². The molecule has 3 rings (SSSR count). The molecule has 1 aliphatic heterocycles. The molecule has 1 fully saturated rings. The van der Waals surface area contributed by atoms with Gasteiger partial charge >= 0.3 is 0 Å². The van der Waals surface area contributed by atoms with E-state index in [4.69, 9.17) is 4.74 Å². The zero-order valence-corrected chi connectivity index (χ0v) is 12.1. The fraction of sp³-hybridized carbons (Fsp3) is 0.333. The molecule has 0 saturated carbocycles. The Bertz CT molecular complexity index is 608. The molecule has 0 spiro atoms. The Morgan fingerprint density at radius 3 is 2.95 bits per heavy atom. The average Bonchev–Trinajstić information content (AvgIpc) is 2.61. The summed E-state index contributed by atoms with van der Waals surface area (Å²) in [5, 5.41) is 2.88. The third-order valence-corrected chi connectivity index (χ3v) is 3.46. The third kappa shape index (κ3) is 3.56. The molecule has 22 heavy (non-hydrogen) atoms. The second-order valence-electron chi connectivity index (χ2n) is 4.98. The Morgan fingerprint density at radius 1 is 1.32 bits per heavy atom. The molecule has 3 heterocycles. The van der Waals surface area contributed by atoms with Gasteiger partial charge < -0.3 is 15.0 Å². The molecule has 1 N–H and O–H groups in total. The lowest BCUT2D eigenvalue weighted by Crippen LogP contribution is -2.49. The lowest BCUT2D eigenvalue weighted by atomic mass is 10.2. The average molecular weight is 299 g/mol. The highest BCUT2D eigenvalue weighted by molar-refractivity contribution is 5.81. The van der Waals surface area contributed by atoms with Gasteiger partial charge in [-0.3, -0.25) is 9.78 Å². The summed E-state index contributed by atoms with van der Waals surface area (Å²) in [4.78, 5) is 26.3. The van der Waals surface area contributed by atoms with E-state index in [1.165, 1.54) is 6.33 Å². The van der Waals surface area contributed by atoms with E-state index in [0.29, 0.717) is 19.7 Å². The summed E-state index contributed by atoms with van der Waals surface area (Å²) < 4.78 is 5.57. The molecule has 7 nitrogen and oxygen atoms in total. The number of carbonyl (C=O) groups excluding carboxylic acids is 1. The molecular formula is C15H17N5O2. The number of pyridine rings is 1. The Hall–Kier alpha value is -2.54. The van der Waals surface area contributed by atoms with E-state index in [1.807, 2.05) is 12.1 Å². The van der Waals surface area contributed by atoms with Gasteiger partial charge in [-0.2, -0.15) is 0 Å². The number of hydrogen-bond donors (Lipinski definition) is 1. The Labute approximate surface area is 128 Å². The van der Waals surface area contributed by atoms with Gasteiger partial charge in [-0.25, -0.2) is 9.97 Å². The van der Waals surface area contributed by atoms with Crippen molar-refractivity contribution in [2.45, 2.75) is 12.6 Å². The molecule has 0 unspecified atom stereocenters. The highest BCUT2D eigenvalue weighted by Gasteiger charge is 2.26. The van der Waals surface area contributed by atoms with Crippen LogP contribution in [0.5, 0.6) is 0 Å². The van der Waals surface area contributed by atoms with Crippen LogP contribution in [0.15, 0.2) is 43.2 Å². The Balaban J connectivity index is 1.56. The number of ether oxygens (including phenoxy) is 1. The second kappa shape index (κ2) is 6.95. The van der Waals surface area contributed by atoms with Crippen molar-refractivity contribution in [2.75, 3.05) is 24.6 Å². The molecule has 1 aliphatic rings. The van der Waals surface area contributed by atoms with E-state index in [1.54, 1.807) is 24.8 Å². The fourth-order valence-electron chi connectivity index (χ4n) is 2.30. The molecular weight excluding hydrogens is 282 g/mol. The topological polar surface area (TPSA) is 80.2 Å². The molecule has 0 aromatic carbocycles. The van der Waals surface area contributed by atoms with Gasteiger partial charge in [0.2, 0.25) is 0 Å². The SMILES string of the molecule is O=C(NCc1cccnc1)[C@H]1CN(c2cncnc2)CCO1. The predicted octanol–water partition coefficient (Wildman–Crippen LogP) is 0.393.